The second-order valence-corrected chi connectivity index (χ2v) is 10.2. The predicted molar refractivity (Wildman–Crippen MR) is 151 cm³/mol. The van der Waals surface area contributed by atoms with Gasteiger partial charge in [0.05, 0.1) is 0 Å². The molecule has 3 N–H and O–H groups in total. The number of aliphatic hydroxyl groups is 1. The van der Waals surface area contributed by atoms with Crippen molar-refractivity contribution in [2.75, 3.05) is 0 Å². The van der Waals surface area contributed by atoms with Crippen molar-refractivity contribution in [3.8, 4) is 33.6 Å². The van der Waals surface area contributed by atoms with E-state index in [0.29, 0.717) is 23.6 Å². The van der Waals surface area contributed by atoms with Crippen molar-refractivity contribution < 1.29 is 19.5 Å². The summed E-state index contributed by atoms with van der Waals surface area (Å²) in [5.41, 5.74) is 4.12. The van der Waals surface area contributed by atoms with Gasteiger partial charge in [-0.3, -0.25) is 9.51 Å². The number of hydrogen-bond donors (Lipinski definition) is 3. The van der Waals surface area contributed by atoms with Gasteiger partial charge in [0, 0.05) is 18.5 Å². The minimum atomic E-state index is -1.40. The van der Waals surface area contributed by atoms with Crippen LogP contribution in [0.15, 0.2) is 82.1 Å². The first-order valence-corrected chi connectivity index (χ1v) is 13.1. The third-order valence-corrected chi connectivity index (χ3v) is 6.73. The van der Waals surface area contributed by atoms with Crippen molar-refractivity contribution in [1.82, 2.24) is 19.7 Å². The van der Waals surface area contributed by atoms with Gasteiger partial charge < -0.3 is 14.8 Å². The van der Waals surface area contributed by atoms with E-state index in [0.717, 1.165) is 34.2 Å². The van der Waals surface area contributed by atoms with Crippen molar-refractivity contribution in [1.29, 1.82) is 0 Å². The Bertz CT molecular complexity index is 1710. The molecule has 0 aliphatic rings. The van der Waals surface area contributed by atoms with Crippen LogP contribution < -0.4 is 5.76 Å². The molecule has 0 spiro atoms. The highest BCUT2D eigenvalue weighted by molar-refractivity contribution is 5.88. The topological polar surface area (TPSA) is 134 Å². The zero-order valence-corrected chi connectivity index (χ0v) is 22.5. The lowest BCUT2D eigenvalue weighted by atomic mass is 9.93. The van der Waals surface area contributed by atoms with E-state index in [1.165, 1.54) is 0 Å². The number of aromatic nitrogens is 4. The van der Waals surface area contributed by atoms with Gasteiger partial charge in [-0.25, -0.2) is 14.6 Å². The third-order valence-electron chi connectivity index (χ3n) is 6.73. The number of hydrogen-bond acceptors (Lipinski definition) is 6. The number of nitrogens with zero attached hydrogens (tertiary/aromatic N) is 3. The van der Waals surface area contributed by atoms with E-state index >= 15 is 0 Å². The molecular formula is C31H30N4O5. The largest absolute Gasteiger partial charge is 0.477 e. The van der Waals surface area contributed by atoms with Crippen LogP contribution in [0.1, 0.15) is 54.8 Å². The van der Waals surface area contributed by atoms with E-state index in [2.05, 4.69) is 15.1 Å². The summed E-state index contributed by atoms with van der Waals surface area (Å²) in [6.45, 7) is 5.37. The average molecular weight is 539 g/mol. The monoisotopic (exact) mass is 538 g/mol. The first-order valence-electron chi connectivity index (χ1n) is 13.1. The molecule has 0 aliphatic carbocycles. The summed E-state index contributed by atoms with van der Waals surface area (Å²) in [6.07, 6.45) is 1.37. The van der Waals surface area contributed by atoms with Gasteiger partial charge in [0.25, 0.3) is 0 Å². The van der Waals surface area contributed by atoms with Gasteiger partial charge in [0.15, 0.2) is 11.5 Å². The lowest BCUT2D eigenvalue weighted by molar-refractivity contribution is 0.0602. The Morgan fingerprint density at radius 3 is 2.27 bits per heavy atom. The molecule has 0 fully saturated rings. The molecule has 0 aliphatic heterocycles. The van der Waals surface area contributed by atoms with Crippen LogP contribution in [-0.2, 0) is 18.6 Å². The Labute approximate surface area is 230 Å². The summed E-state index contributed by atoms with van der Waals surface area (Å²) >= 11 is 0. The van der Waals surface area contributed by atoms with Crippen LogP contribution >= 0.6 is 0 Å². The highest BCUT2D eigenvalue weighted by atomic mass is 16.5. The summed E-state index contributed by atoms with van der Waals surface area (Å²) in [5, 5.41) is 24.5. The smallest absolute Gasteiger partial charge is 0.439 e. The van der Waals surface area contributed by atoms with Crippen LogP contribution in [0, 0.1) is 0 Å². The molecule has 0 unspecified atom stereocenters. The molecule has 0 saturated heterocycles. The first-order chi connectivity index (χ1) is 19.2. The number of nitrogens with one attached hydrogen (secondary N) is 1. The number of carbonyl (C=O) groups is 1. The van der Waals surface area contributed by atoms with Crippen LogP contribution in [0.25, 0.3) is 33.6 Å². The van der Waals surface area contributed by atoms with E-state index < -0.39 is 17.3 Å². The molecule has 0 amide bonds. The molecule has 0 radical (unpaired) electrons. The number of aryl methyl sites for hydroxylation is 1. The Morgan fingerprint density at radius 1 is 0.975 bits per heavy atom. The first kappa shape index (κ1) is 26.8. The summed E-state index contributed by atoms with van der Waals surface area (Å²) < 4.78 is 6.44. The highest BCUT2D eigenvalue weighted by Crippen LogP contribution is 2.34. The number of benzene rings is 3. The van der Waals surface area contributed by atoms with Crippen LogP contribution in [0.3, 0.4) is 0 Å². The molecule has 5 rings (SSSR count). The zero-order chi connectivity index (χ0) is 28.4. The molecular weight excluding hydrogens is 508 g/mol. The normalized spacial score (nSPS) is 11.6. The molecule has 0 atom stereocenters. The predicted octanol–water partition coefficient (Wildman–Crippen LogP) is 5.49. The van der Waals surface area contributed by atoms with Gasteiger partial charge in [-0.1, -0.05) is 72.7 Å². The molecule has 0 saturated carbocycles. The molecule has 2 aromatic heterocycles. The minimum absolute atomic E-state index is 0.00661. The lowest BCUT2D eigenvalue weighted by Crippen LogP contribution is -2.22. The Balaban J connectivity index is 1.56. The SMILES string of the molecule is CCCc1nc(C(C)(C)O)c(C(=O)O)n1Cc1ccc(-c2cc(-c3ccccc3)ccc2-c2noc(=O)[nH]2)cc1. The Morgan fingerprint density at radius 2 is 1.68 bits per heavy atom. The molecule has 204 valence electrons. The fourth-order valence-electron chi connectivity index (χ4n) is 4.85. The second-order valence-electron chi connectivity index (χ2n) is 10.2. The van der Waals surface area contributed by atoms with Crippen LogP contribution in [0.2, 0.25) is 0 Å². The van der Waals surface area contributed by atoms with E-state index in [-0.39, 0.29) is 17.9 Å². The van der Waals surface area contributed by atoms with Gasteiger partial charge >= 0.3 is 11.7 Å². The van der Waals surface area contributed by atoms with Crippen LogP contribution in [0.4, 0.5) is 0 Å². The third kappa shape index (κ3) is 5.37. The minimum Gasteiger partial charge on any atom is -0.477 e. The number of H-pyrrole nitrogens is 1. The number of aromatic carboxylic acids is 1. The van der Waals surface area contributed by atoms with Crippen molar-refractivity contribution in [3.05, 3.63) is 106 Å². The highest BCUT2D eigenvalue weighted by Gasteiger charge is 2.31. The molecule has 0 bridgehead atoms. The standard InChI is InChI=1S/C31H30N4O5/c1-4-8-25-32-27(31(2,3)39)26(29(36)37)35(25)18-19-11-13-21(14-12-19)24-17-22(20-9-6-5-7-10-20)15-16-23(24)28-33-30(38)40-34-28/h5-7,9-17,39H,4,8,18H2,1-3H3,(H,36,37)(H,33,34,38). The summed E-state index contributed by atoms with van der Waals surface area (Å²) in [5.74, 6) is -0.815. The maximum absolute atomic E-state index is 12.2. The number of carboxylic acids is 1. The molecule has 9 heteroatoms. The molecule has 40 heavy (non-hydrogen) atoms. The van der Waals surface area contributed by atoms with Gasteiger partial charge in [-0.05, 0) is 60.2 Å². The zero-order valence-electron chi connectivity index (χ0n) is 22.5. The molecule has 3 aromatic carbocycles. The molecule has 5 aromatic rings. The van der Waals surface area contributed by atoms with Crippen LogP contribution in [0.5, 0.6) is 0 Å². The molecule has 9 nitrogen and oxygen atoms in total. The number of carboxylic acid groups (broad SMARTS) is 1. The Kier molecular flexibility index (Phi) is 7.23. The maximum atomic E-state index is 12.2. The van der Waals surface area contributed by atoms with Crippen molar-refractivity contribution >= 4 is 5.97 Å². The van der Waals surface area contributed by atoms with Gasteiger partial charge in [0.2, 0.25) is 0 Å². The number of imidazole rings is 1. The fraction of sp³-hybridized carbons (Fsp3) is 0.226. The quantitative estimate of drug-likeness (QED) is 0.226. The van der Waals surface area contributed by atoms with Crippen molar-refractivity contribution in [2.24, 2.45) is 0 Å². The van der Waals surface area contributed by atoms with E-state index in [9.17, 15) is 19.8 Å². The van der Waals surface area contributed by atoms with Gasteiger partial charge in [-0.2, -0.15) is 0 Å². The van der Waals surface area contributed by atoms with Crippen molar-refractivity contribution in [2.45, 2.75) is 45.8 Å². The average Bonchev–Trinajstić information content (AvgIpc) is 3.53. The fourth-order valence-corrected chi connectivity index (χ4v) is 4.85. The second kappa shape index (κ2) is 10.8. The van der Waals surface area contributed by atoms with E-state index in [4.69, 9.17) is 4.52 Å². The van der Waals surface area contributed by atoms with Crippen LogP contribution in [-0.4, -0.2) is 35.9 Å². The van der Waals surface area contributed by atoms with E-state index in [1.807, 2.05) is 79.7 Å². The van der Waals surface area contributed by atoms with Gasteiger partial charge in [-0.15, -0.1) is 0 Å². The summed E-state index contributed by atoms with van der Waals surface area (Å²) in [6, 6.07) is 23.7. The molecule has 2 heterocycles. The van der Waals surface area contributed by atoms with Gasteiger partial charge in [0.1, 0.15) is 17.1 Å². The summed E-state index contributed by atoms with van der Waals surface area (Å²) in [4.78, 5) is 31.1. The van der Waals surface area contributed by atoms with E-state index in [1.54, 1.807) is 18.4 Å². The maximum Gasteiger partial charge on any atom is 0.439 e. The number of rotatable bonds is 9. The number of aromatic amines is 1. The van der Waals surface area contributed by atoms with Crippen molar-refractivity contribution in [3.63, 3.8) is 0 Å². The summed E-state index contributed by atoms with van der Waals surface area (Å²) in [7, 11) is 0. The Hall–Kier alpha value is -4.76. The lowest BCUT2D eigenvalue weighted by Gasteiger charge is -2.16.